The van der Waals surface area contributed by atoms with E-state index in [4.69, 9.17) is 5.11 Å². The lowest BCUT2D eigenvalue weighted by atomic mass is 10.1. The fourth-order valence-corrected chi connectivity index (χ4v) is 2.10. The number of hydrogen-bond donors (Lipinski definition) is 2. The van der Waals surface area contributed by atoms with E-state index in [1.165, 1.54) is 18.5 Å². The van der Waals surface area contributed by atoms with Crippen molar-refractivity contribution in [3.63, 3.8) is 0 Å². The van der Waals surface area contributed by atoms with E-state index in [-0.39, 0.29) is 5.56 Å². The first-order chi connectivity index (χ1) is 11.6. The molecule has 0 saturated heterocycles. The average molecular weight is 321 g/mol. The normalized spacial score (nSPS) is 11.3. The van der Waals surface area contributed by atoms with Gasteiger partial charge in [-0.05, 0) is 48.9 Å². The van der Waals surface area contributed by atoms with E-state index in [2.05, 4.69) is 20.6 Å². The van der Waals surface area contributed by atoms with Crippen LogP contribution < -0.4 is 5.43 Å². The lowest BCUT2D eigenvalue weighted by Crippen LogP contribution is -2.01. The number of carboxylic acids is 1. The van der Waals surface area contributed by atoms with Gasteiger partial charge in [0.1, 0.15) is 12.7 Å². The van der Waals surface area contributed by atoms with Crippen molar-refractivity contribution in [1.29, 1.82) is 0 Å². The number of benzene rings is 2. The van der Waals surface area contributed by atoms with Crippen molar-refractivity contribution in [1.82, 2.24) is 14.8 Å². The zero-order valence-corrected chi connectivity index (χ0v) is 12.9. The number of nitrogens with zero attached hydrogens (tertiary/aromatic N) is 4. The Morgan fingerprint density at radius 2 is 1.75 bits per heavy atom. The SMILES string of the molecule is C/C(=N/Nc1ccc(C(=O)O)cc1)c1ccc(-n2cncn2)cc1. The van der Waals surface area contributed by atoms with Gasteiger partial charge in [0.05, 0.1) is 22.6 Å². The highest BCUT2D eigenvalue weighted by Gasteiger charge is 2.02. The largest absolute Gasteiger partial charge is 0.478 e. The molecule has 120 valence electrons. The van der Waals surface area contributed by atoms with Gasteiger partial charge in [0.15, 0.2) is 0 Å². The van der Waals surface area contributed by atoms with Gasteiger partial charge in [0.2, 0.25) is 0 Å². The van der Waals surface area contributed by atoms with E-state index in [9.17, 15) is 4.79 Å². The summed E-state index contributed by atoms with van der Waals surface area (Å²) in [7, 11) is 0. The first-order valence-corrected chi connectivity index (χ1v) is 7.22. The standard InChI is InChI=1S/C17H15N5O2/c1-12(20-21-15-6-2-14(3-7-15)17(23)24)13-4-8-16(9-5-13)22-11-18-10-19-22/h2-11,21H,1H3,(H,23,24)/b20-12-. The van der Waals surface area contributed by atoms with E-state index >= 15 is 0 Å². The number of hydrazone groups is 1. The van der Waals surface area contributed by atoms with E-state index in [0.29, 0.717) is 0 Å². The smallest absolute Gasteiger partial charge is 0.335 e. The second-order valence-electron chi connectivity index (χ2n) is 5.08. The number of carboxylic acid groups (broad SMARTS) is 1. The molecule has 24 heavy (non-hydrogen) atoms. The third kappa shape index (κ3) is 3.46. The minimum absolute atomic E-state index is 0.241. The molecule has 0 spiro atoms. The molecule has 0 atom stereocenters. The Bertz CT molecular complexity index is 853. The predicted octanol–water partition coefficient (Wildman–Crippen LogP) is 2.80. The Labute approximate surface area is 138 Å². The van der Waals surface area contributed by atoms with Crippen molar-refractivity contribution >= 4 is 17.4 Å². The highest BCUT2D eigenvalue weighted by atomic mass is 16.4. The molecule has 7 heteroatoms. The van der Waals surface area contributed by atoms with Gasteiger partial charge < -0.3 is 5.11 Å². The monoisotopic (exact) mass is 321 g/mol. The number of aromatic carboxylic acids is 1. The first-order valence-electron chi connectivity index (χ1n) is 7.22. The van der Waals surface area contributed by atoms with Crippen molar-refractivity contribution in [2.45, 2.75) is 6.92 Å². The topological polar surface area (TPSA) is 92.4 Å². The molecule has 2 N–H and O–H groups in total. The second kappa shape index (κ2) is 6.74. The Balaban J connectivity index is 1.70. The van der Waals surface area contributed by atoms with Crippen molar-refractivity contribution in [2.75, 3.05) is 5.43 Å². The molecule has 7 nitrogen and oxygen atoms in total. The summed E-state index contributed by atoms with van der Waals surface area (Å²) in [4.78, 5) is 14.7. The molecule has 3 aromatic rings. The molecule has 0 aliphatic heterocycles. The molecule has 1 heterocycles. The molecule has 0 radical (unpaired) electrons. The maximum atomic E-state index is 10.8. The summed E-state index contributed by atoms with van der Waals surface area (Å²) in [5.41, 5.74) is 6.57. The maximum absolute atomic E-state index is 10.8. The molecule has 0 fully saturated rings. The molecule has 2 aromatic carbocycles. The summed E-state index contributed by atoms with van der Waals surface area (Å²) >= 11 is 0. The fraction of sp³-hybridized carbons (Fsp3) is 0.0588. The van der Waals surface area contributed by atoms with Crippen molar-refractivity contribution in [3.8, 4) is 5.69 Å². The fourth-order valence-electron chi connectivity index (χ4n) is 2.10. The van der Waals surface area contributed by atoms with Gasteiger partial charge >= 0.3 is 5.97 Å². The van der Waals surface area contributed by atoms with Crippen molar-refractivity contribution < 1.29 is 9.90 Å². The quantitative estimate of drug-likeness (QED) is 0.557. The van der Waals surface area contributed by atoms with E-state index in [0.717, 1.165) is 22.6 Å². The van der Waals surface area contributed by atoms with Crippen LogP contribution in [0.1, 0.15) is 22.8 Å². The van der Waals surface area contributed by atoms with Gasteiger partial charge in [-0.15, -0.1) is 0 Å². The Hall–Kier alpha value is -3.48. The molecule has 0 amide bonds. The summed E-state index contributed by atoms with van der Waals surface area (Å²) in [6.07, 6.45) is 3.12. The lowest BCUT2D eigenvalue weighted by Gasteiger charge is -2.05. The minimum atomic E-state index is -0.950. The van der Waals surface area contributed by atoms with E-state index in [1.807, 2.05) is 31.2 Å². The number of nitrogens with one attached hydrogen (secondary N) is 1. The van der Waals surface area contributed by atoms with Crippen molar-refractivity contribution in [3.05, 3.63) is 72.3 Å². The summed E-state index contributed by atoms with van der Waals surface area (Å²) in [6.45, 7) is 1.89. The predicted molar refractivity (Wildman–Crippen MR) is 90.6 cm³/mol. The van der Waals surface area contributed by atoms with Crippen LogP contribution in [0.25, 0.3) is 5.69 Å². The third-order valence-corrected chi connectivity index (χ3v) is 3.45. The molecule has 3 rings (SSSR count). The van der Waals surface area contributed by atoms with Gasteiger partial charge in [-0.3, -0.25) is 5.43 Å². The molecule has 0 unspecified atom stereocenters. The van der Waals surface area contributed by atoms with E-state index < -0.39 is 5.97 Å². The summed E-state index contributed by atoms with van der Waals surface area (Å²) in [5.74, 6) is -0.950. The van der Waals surface area contributed by atoms with E-state index in [1.54, 1.807) is 23.1 Å². The summed E-state index contributed by atoms with van der Waals surface area (Å²) in [5, 5.41) is 17.3. The van der Waals surface area contributed by atoms with Crippen LogP contribution in [0.15, 0.2) is 66.3 Å². The van der Waals surface area contributed by atoms with Crippen LogP contribution in [0.3, 0.4) is 0 Å². The molecule has 0 saturated carbocycles. The zero-order chi connectivity index (χ0) is 16.9. The molecular formula is C17H15N5O2. The number of anilines is 1. The molecular weight excluding hydrogens is 306 g/mol. The Morgan fingerprint density at radius 3 is 2.33 bits per heavy atom. The van der Waals surface area contributed by atoms with Crippen LogP contribution in [-0.2, 0) is 0 Å². The van der Waals surface area contributed by atoms with Crippen molar-refractivity contribution in [2.24, 2.45) is 5.10 Å². The van der Waals surface area contributed by atoms with Gasteiger partial charge in [-0.25, -0.2) is 14.5 Å². The Morgan fingerprint density at radius 1 is 1.08 bits per heavy atom. The summed E-state index contributed by atoms with van der Waals surface area (Å²) in [6, 6.07) is 14.2. The molecule has 0 bridgehead atoms. The molecule has 0 aliphatic rings. The zero-order valence-electron chi connectivity index (χ0n) is 12.9. The first kappa shape index (κ1) is 15.4. The van der Waals surface area contributed by atoms with Crippen LogP contribution in [0.5, 0.6) is 0 Å². The molecule has 1 aromatic heterocycles. The highest BCUT2D eigenvalue weighted by molar-refractivity contribution is 5.99. The number of rotatable bonds is 5. The minimum Gasteiger partial charge on any atom is -0.478 e. The number of hydrogen-bond acceptors (Lipinski definition) is 5. The Kier molecular flexibility index (Phi) is 4.33. The lowest BCUT2D eigenvalue weighted by molar-refractivity contribution is 0.0697. The second-order valence-corrected chi connectivity index (χ2v) is 5.08. The van der Waals surface area contributed by atoms with Crippen LogP contribution in [0, 0.1) is 0 Å². The molecule has 0 aliphatic carbocycles. The van der Waals surface area contributed by atoms with Gasteiger partial charge in [-0.2, -0.15) is 10.2 Å². The van der Waals surface area contributed by atoms with Gasteiger partial charge in [0.25, 0.3) is 0 Å². The average Bonchev–Trinajstić information content (AvgIpc) is 3.15. The maximum Gasteiger partial charge on any atom is 0.335 e. The third-order valence-electron chi connectivity index (χ3n) is 3.45. The van der Waals surface area contributed by atoms with Crippen LogP contribution in [-0.4, -0.2) is 31.6 Å². The van der Waals surface area contributed by atoms with Crippen LogP contribution in [0.2, 0.25) is 0 Å². The van der Waals surface area contributed by atoms with Gasteiger partial charge in [-0.1, -0.05) is 12.1 Å². The number of aromatic nitrogens is 3. The number of carbonyl (C=O) groups is 1. The van der Waals surface area contributed by atoms with Gasteiger partial charge in [0, 0.05) is 0 Å². The van der Waals surface area contributed by atoms with Crippen LogP contribution in [0.4, 0.5) is 5.69 Å². The summed E-state index contributed by atoms with van der Waals surface area (Å²) < 4.78 is 1.68. The highest BCUT2D eigenvalue weighted by Crippen LogP contribution is 2.12. The van der Waals surface area contributed by atoms with Crippen LogP contribution >= 0.6 is 0 Å².